The Labute approximate surface area is 150 Å². The van der Waals surface area contributed by atoms with Crippen LogP contribution in [-0.4, -0.2) is 30.7 Å². The average Bonchev–Trinajstić information content (AvgIpc) is 2.59. The molecular weight excluding hydrogens is 341 g/mol. The Bertz CT molecular complexity index is 778. The molecule has 1 amide bonds. The van der Waals surface area contributed by atoms with Crippen LogP contribution in [0.1, 0.15) is 28.8 Å². The van der Waals surface area contributed by atoms with Gasteiger partial charge in [-0.3, -0.25) is 4.79 Å². The van der Waals surface area contributed by atoms with E-state index >= 15 is 0 Å². The number of carbonyl (C=O) groups excluding carboxylic acids is 1. The summed E-state index contributed by atoms with van der Waals surface area (Å²) in [6.45, 7) is 0.506. The van der Waals surface area contributed by atoms with Crippen LogP contribution in [0.15, 0.2) is 42.5 Å². The molecule has 0 aliphatic rings. The summed E-state index contributed by atoms with van der Waals surface area (Å²) in [4.78, 5) is 23.2. The third kappa shape index (κ3) is 6.18. The number of anilines is 1. The molecule has 2 rings (SSSR count). The lowest BCUT2D eigenvalue weighted by atomic mass is 10.1. The predicted octanol–water partition coefficient (Wildman–Crippen LogP) is 3.47. The van der Waals surface area contributed by atoms with Crippen molar-refractivity contribution in [1.82, 2.24) is 0 Å². The lowest BCUT2D eigenvalue weighted by Gasteiger charge is -2.10. The molecule has 2 aromatic rings. The normalized spacial score (nSPS) is 10.4. The van der Waals surface area contributed by atoms with Crippen molar-refractivity contribution in [3.05, 3.63) is 59.4 Å². The van der Waals surface area contributed by atoms with Crippen LogP contribution in [0.2, 0.25) is 0 Å². The Kier molecular flexibility index (Phi) is 7.11. The number of rotatable bonds is 9. The van der Waals surface area contributed by atoms with Gasteiger partial charge in [0.15, 0.2) is 0 Å². The van der Waals surface area contributed by atoms with Crippen LogP contribution in [-0.2, 0) is 16.1 Å². The summed E-state index contributed by atoms with van der Waals surface area (Å²) in [5, 5.41) is 11.8. The number of amides is 1. The summed E-state index contributed by atoms with van der Waals surface area (Å²) in [6.07, 6.45) is 0.623. The average molecular weight is 361 g/mol. The molecule has 0 fully saturated rings. The van der Waals surface area contributed by atoms with Crippen LogP contribution in [0.4, 0.5) is 10.1 Å². The fourth-order valence-electron chi connectivity index (χ4n) is 2.34. The molecule has 0 aromatic heterocycles. The molecule has 26 heavy (non-hydrogen) atoms. The van der Waals surface area contributed by atoms with Gasteiger partial charge in [-0.1, -0.05) is 6.07 Å². The molecule has 0 spiro atoms. The third-order valence-corrected chi connectivity index (χ3v) is 3.45. The van der Waals surface area contributed by atoms with Gasteiger partial charge >= 0.3 is 5.97 Å². The van der Waals surface area contributed by atoms with Crippen molar-refractivity contribution in [2.75, 3.05) is 19.0 Å². The minimum atomic E-state index is -1.08. The Morgan fingerprint density at radius 2 is 2.00 bits per heavy atom. The molecule has 0 radical (unpaired) electrons. The zero-order valence-electron chi connectivity index (χ0n) is 14.3. The van der Waals surface area contributed by atoms with Crippen molar-refractivity contribution in [2.24, 2.45) is 0 Å². The van der Waals surface area contributed by atoms with E-state index in [1.165, 1.54) is 31.4 Å². The molecule has 0 saturated heterocycles. The first-order valence-corrected chi connectivity index (χ1v) is 8.02. The number of methoxy groups -OCH3 is 1. The molecule has 0 bridgehead atoms. The summed E-state index contributed by atoms with van der Waals surface area (Å²) in [6, 6.07) is 10.3. The second-order valence-corrected chi connectivity index (χ2v) is 5.61. The van der Waals surface area contributed by atoms with Gasteiger partial charge in [0, 0.05) is 25.3 Å². The lowest BCUT2D eigenvalue weighted by Crippen LogP contribution is -2.14. The molecule has 2 aromatic carbocycles. The maximum absolute atomic E-state index is 13.0. The van der Waals surface area contributed by atoms with Crippen molar-refractivity contribution in [3.8, 4) is 5.75 Å². The zero-order valence-corrected chi connectivity index (χ0v) is 14.3. The number of ether oxygens (including phenoxy) is 2. The highest BCUT2D eigenvalue weighted by molar-refractivity contribution is 5.94. The number of aromatic carboxylic acids is 1. The lowest BCUT2D eigenvalue weighted by molar-refractivity contribution is -0.116. The summed E-state index contributed by atoms with van der Waals surface area (Å²) in [7, 11) is 1.50. The SMILES string of the molecule is COCc1cc(NC(=O)CCCOc2cccc(F)c2)cc(C(=O)O)c1. The van der Waals surface area contributed by atoms with Gasteiger partial charge in [0.2, 0.25) is 5.91 Å². The van der Waals surface area contributed by atoms with E-state index in [1.54, 1.807) is 18.2 Å². The van der Waals surface area contributed by atoms with Gasteiger partial charge in [-0.15, -0.1) is 0 Å². The standard InChI is InChI=1S/C19H20FNO5/c1-25-12-13-8-14(19(23)24)10-16(9-13)21-18(22)6-3-7-26-17-5-2-4-15(20)11-17/h2,4-5,8-11H,3,6-7,12H2,1H3,(H,21,22)(H,23,24). The maximum atomic E-state index is 13.0. The highest BCUT2D eigenvalue weighted by atomic mass is 19.1. The molecule has 0 saturated carbocycles. The van der Waals surface area contributed by atoms with E-state index in [0.29, 0.717) is 23.4 Å². The quantitative estimate of drug-likeness (QED) is 0.668. The number of carbonyl (C=O) groups is 2. The zero-order chi connectivity index (χ0) is 18.9. The minimum Gasteiger partial charge on any atom is -0.493 e. The van der Waals surface area contributed by atoms with E-state index in [-0.39, 0.29) is 36.9 Å². The van der Waals surface area contributed by atoms with Gasteiger partial charge < -0.3 is 19.9 Å². The monoisotopic (exact) mass is 361 g/mol. The van der Waals surface area contributed by atoms with E-state index in [9.17, 15) is 14.0 Å². The number of carboxylic acid groups (broad SMARTS) is 1. The van der Waals surface area contributed by atoms with E-state index in [0.717, 1.165) is 0 Å². The van der Waals surface area contributed by atoms with Gasteiger partial charge in [0.25, 0.3) is 0 Å². The molecule has 2 N–H and O–H groups in total. The highest BCUT2D eigenvalue weighted by Gasteiger charge is 2.09. The van der Waals surface area contributed by atoms with Crippen molar-refractivity contribution >= 4 is 17.6 Å². The van der Waals surface area contributed by atoms with Gasteiger partial charge in [0.05, 0.1) is 18.8 Å². The Morgan fingerprint density at radius 3 is 2.69 bits per heavy atom. The Hall–Kier alpha value is -2.93. The maximum Gasteiger partial charge on any atom is 0.335 e. The fourth-order valence-corrected chi connectivity index (χ4v) is 2.34. The van der Waals surface area contributed by atoms with E-state index in [2.05, 4.69) is 5.32 Å². The van der Waals surface area contributed by atoms with Gasteiger partial charge in [-0.2, -0.15) is 0 Å². The molecular formula is C19H20FNO5. The van der Waals surface area contributed by atoms with Crippen LogP contribution in [0.5, 0.6) is 5.75 Å². The third-order valence-electron chi connectivity index (χ3n) is 3.45. The number of hydrogen-bond donors (Lipinski definition) is 2. The van der Waals surface area contributed by atoms with Crippen LogP contribution in [0.25, 0.3) is 0 Å². The first-order chi connectivity index (χ1) is 12.5. The molecule has 0 aliphatic heterocycles. The Balaban J connectivity index is 1.85. The molecule has 138 valence electrons. The largest absolute Gasteiger partial charge is 0.493 e. The molecule has 0 aliphatic carbocycles. The molecule has 0 atom stereocenters. The molecule has 6 nitrogen and oxygen atoms in total. The predicted molar refractivity (Wildman–Crippen MR) is 93.9 cm³/mol. The van der Waals surface area contributed by atoms with Gasteiger partial charge in [-0.25, -0.2) is 9.18 Å². The van der Waals surface area contributed by atoms with E-state index in [4.69, 9.17) is 14.6 Å². The summed E-state index contributed by atoms with van der Waals surface area (Å²) in [5.74, 6) is -1.32. The number of nitrogens with one attached hydrogen (secondary N) is 1. The second kappa shape index (κ2) is 9.53. The van der Waals surface area contributed by atoms with E-state index < -0.39 is 5.97 Å². The van der Waals surface area contributed by atoms with Crippen LogP contribution in [0, 0.1) is 5.82 Å². The van der Waals surface area contributed by atoms with Crippen molar-refractivity contribution in [2.45, 2.75) is 19.4 Å². The van der Waals surface area contributed by atoms with Gasteiger partial charge in [-0.05, 0) is 42.3 Å². The number of hydrogen-bond acceptors (Lipinski definition) is 4. The van der Waals surface area contributed by atoms with E-state index in [1.807, 2.05) is 0 Å². The second-order valence-electron chi connectivity index (χ2n) is 5.61. The van der Waals surface area contributed by atoms with Crippen molar-refractivity contribution in [3.63, 3.8) is 0 Å². The fraction of sp³-hybridized carbons (Fsp3) is 0.263. The van der Waals surface area contributed by atoms with Crippen molar-refractivity contribution < 1.29 is 28.6 Å². The Morgan fingerprint density at radius 1 is 1.19 bits per heavy atom. The highest BCUT2D eigenvalue weighted by Crippen LogP contribution is 2.17. The molecule has 0 unspecified atom stereocenters. The minimum absolute atomic E-state index is 0.0734. The number of halogens is 1. The van der Waals surface area contributed by atoms with Crippen LogP contribution >= 0.6 is 0 Å². The topological polar surface area (TPSA) is 84.9 Å². The molecule has 7 heteroatoms. The first-order valence-electron chi connectivity index (χ1n) is 8.02. The van der Waals surface area contributed by atoms with Crippen molar-refractivity contribution in [1.29, 1.82) is 0 Å². The molecule has 0 heterocycles. The van der Waals surface area contributed by atoms with Gasteiger partial charge in [0.1, 0.15) is 11.6 Å². The first kappa shape index (κ1) is 19.4. The summed E-state index contributed by atoms with van der Waals surface area (Å²) >= 11 is 0. The van der Waals surface area contributed by atoms with Crippen LogP contribution < -0.4 is 10.1 Å². The summed E-state index contributed by atoms with van der Waals surface area (Å²) < 4.78 is 23.4. The summed E-state index contributed by atoms with van der Waals surface area (Å²) in [5.41, 5.74) is 1.12. The van der Waals surface area contributed by atoms with Crippen LogP contribution in [0.3, 0.4) is 0 Å². The number of benzene rings is 2. The number of carboxylic acids is 1. The smallest absolute Gasteiger partial charge is 0.335 e.